The molecule has 0 bridgehead atoms. The van der Waals surface area contributed by atoms with Crippen LogP contribution in [0, 0.1) is 11.3 Å². The Bertz CT molecular complexity index is 397. The van der Waals surface area contributed by atoms with E-state index in [-0.39, 0.29) is 23.3 Å². The number of amides is 2. The second-order valence-electron chi connectivity index (χ2n) is 7.92. The van der Waals surface area contributed by atoms with Crippen molar-refractivity contribution in [3.05, 3.63) is 0 Å². The van der Waals surface area contributed by atoms with Gasteiger partial charge < -0.3 is 15.5 Å². The molecule has 0 radical (unpaired) electrons. The lowest BCUT2D eigenvalue weighted by atomic mass is 9.91. The summed E-state index contributed by atoms with van der Waals surface area (Å²) in [7, 11) is 0. The van der Waals surface area contributed by atoms with Crippen LogP contribution in [-0.2, 0) is 9.59 Å². The fourth-order valence-electron chi connectivity index (χ4n) is 3.37. The molecule has 2 aliphatic heterocycles. The standard InChI is InChI=1S/C17H31N3O2/c1-17(2,3)11-15(21)20-10-4-5-14(20)16(22)19-9-7-13-6-8-18-12-13/h13-14,18H,4-12H2,1-3H3,(H,19,22). The number of carbonyl (C=O) groups is 2. The van der Waals surface area contributed by atoms with Crippen molar-refractivity contribution in [3.8, 4) is 0 Å². The lowest BCUT2D eigenvalue weighted by molar-refractivity contribution is -0.139. The van der Waals surface area contributed by atoms with Gasteiger partial charge in [-0.2, -0.15) is 0 Å². The molecule has 0 saturated carbocycles. The molecule has 5 heteroatoms. The Kier molecular flexibility index (Phi) is 5.84. The molecule has 2 amide bonds. The van der Waals surface area contributed by atoms with Gasteiger partial charge in [0, 0.05) is 19.5 Å². The number of rotatable bonds is 5. The van der Waals surface area contributed by atoms with Crippen LogP contribution in [0.25, 0.3) is 0 Å². The van der Waals surface area contributed by atoms with Crippen molar-refractivity contribution in [1.82, 2.24) is 15.5 Å². The van der Waals surface area contributed by atoms with E-state index in [2.05, 4.69) is 31.4 Å². The van der Waals surface area contributed by atoms with E-state index in [0.29, 0.717) is 12.3 Å². The van der Waals surface area contributed by atoms with Gasteiger partial charge in [0.05, 0.1) is 0 Å². The largest absolute Gasteiger partial charge is 0.354 e. The molecule has 2 N–H and O–H groups in total. The Morgan fingerprint density at radius 3 is 2.68 bits per heavy atom. The van der Waals surface area contributed by atoms with E-state index in [1.54, 1.807) is 4.90 Å². The number of hydrogen-bond donors (Lipinski definition) is 2. The van der Waals surface area contributed by atoms with E-state index < -0.39 is 0 Å². The maximum Gasteiger partial charge on any atom is 0.242 e. The zero-order valence-electron chi connectivity index (χ0n) is 14.3. The molecule has 2 heterocycles. The Hall–Kier alpha value is -1.10. The molecule has 2 rings (SSSR count). The molecule has 0 aromatic carbocycles. The summed E-state index contributed by atoms with van der Waals surface area (Å²) >= 11 is 0. The minimum absolute atomic E-state index is 0.0316. The van der Waals surface area contributed by atoms with Crippen molar-refractivity contribution in [2.45, 2.75) is 58.9 Å². The van der Waals surface area contributed by atoms with Crippen LogP contribution in [0.2, 0.25) is 0 Å². The van der Waals surface area contributed by atoms with Crippen LogP contribution in [0.3, 0.4) is 0 Å². The highest BCUT2D eigenvalue weighted by Crippen LogP contribution is 2.24. The highest BCUT2D eigenvalue weighted by atomic mass is 16.2. The first kappa shape index (κ1) is 17.3. The highest BCUT2D eigenvalue weighted by molar-refractivity contribution is 5.88. The fourth-order valence-corrected chi connectivity index (χ4v) is 3.37. The highest BCUT2D eigenvalue weighted by Gasteiger charge is 2.35. The smallest absolute Gasteiger partial charge is 0.242 e. The SMILES string of the molecule is CC(C)(C)CC(=O)N1CCCC1C(=O)NCCC1CCNC1. The van der Waals surface area contributed by atoms with E-state index in [0.717, 1.165) is 45.4 Å². The molecule has 2 fully saturated rings. The third kappa shape index (κ3) is 4.97. The third-order valence-electron chi connectivity index (χ3n) is 4.57. The number of likely N-dealkylation sites (tertiary alicyclic amines) is 1. The van der Waals surface area contributed by atoms with Gasteiger partial charge in [-0.3, -0.25) is 9.59 Å². The molecule has 2 atom stereocenters. The summed E-state index contributed by atoms with van der Waals surface area (Å²) in [4.78, 5) is 26.6. The first-order valence-corrected chi connectivity index (χ1v) is 8.65. The molecule has 5 nitrogen and oxygen atoms in total. The Morgan fingerprint density at radius 2 is 2.05 bits per heavy atom. The van der Waals surface area contributed by atoms with Crippen molar-refractivity contribution < 1.29 is 9.59 Å². The number of nitrogens with zero attached hydrogens (tertiary/aromatic N) is 1. The number of nitrogens with one attached hydrogen (secondary N) is 2. The van der Waals surface area contributed by atoms with E-state index in [1.807, 2.05) is 0 Å². The van der Waals surface area contributed by atoms with Gasteiger partial charge in [0.1, 0.15) is 6.04 Å². The van der Waals surface area contributed by atoms with E-state index in [1.165, 1.54) is 6.42 Å². The third-order valence-corrected chi connectivity index (χ3v) is 4.57. The summed E-state index contributed by atoms with van der Waals surface area (Å²) in [6.07, 6.45) is 4.47. The van der Waals surface area contributed by atoms with Crippen LogP contribution < -0.4 is 10.6 Å². The normalized spacial score (nSPS) is 25.5. The van der Waals surface area contributed by atoms with Crippen LogP contribution >= 0.6 is 0 Å². The van der Waals surface area contributed by atoms with Crippen molar-refractivity contribution in [2.75, 3.05) is 26.2 Å². The fraction of sp³-hybridized carbons (Fsp3) is 0.882. The monoisotopic (exact) mass is 309 g/mol. The first-order valence-electron chi connectivity index (χ1n) is 8.65. The van der Waals surface area contributed by atoms with Crippen LogP contribution in [0.4, 0.5) is 0 Å². The van der Waals surface area contributed by atoms with Crippen molar-refractivity contribution >= 4 is 11.8 Å². The lowest BCUT2D eigenvalue weighted by Crippen LogP contribution is -2.47. The maximum absolute atomic E-state index is 12.4. The van der Waals surface area contributed by atoms with Crippen molar-refractivity contribution in [2.24, 2.45) is 11.3 Å². The van der Waals surface area contributed by atoms with Crippen molar-refractivity contribution in [1.29, 1.82) is 0 Å². The average molecular weight is 309 g/mol. The van der Waals surface area contributed by atoms with Gasteiger partial charge in [0.15, 0.2) is 0 Å². The maximum atomic E-state index is 12.4. The van der Waals surface area contributed by atoms with Crippen LogP contribution in [0.1, 0.15) is 52.9 Å². The predicted molar refractivity (Wildman–Crippen MR) is 87.4 cm³/mol. The molecule has 2 unspecified atom stereocenters. The minimum atomic E-state index is -0.253. The molecule has 2 aliphatic rings. The topological polar surface area (TPSA) is 61.4 Å². The number of hydrogen-bond acceptors (Lipinski definition) is 3. The van der Waals surface area contributed by atoms with Gasteiger partial charge in [-0.15, -0.1) is 0 Å². The van der Waals surface area contributed by atoms with Crippen LogP contribution in [0.15, 0.2) is 0 Å². The summed E-state index contributed by atoms with van der Waals surface area (Å²) < 4.78 is 0. The minimum Gasteiger partial charge on any atom is -0.354 e. The Labute approximate surface area is 134 Å². The predicted octanol–water partition coefficient (Wildman–Crippen LogP) is 1.53. The van der Waals surface area contributed by atoms with E-state index in [4.69, 9.17) is 0 Å². The molecule has 2 saturated heterocycles. The van der Waals surface area contributed by atoms with Crippen LogP contribution in [-0.4, -0.2) is 48.9 Å². The van der Waals surface area contributed by atoms with Gasteiger partial charge >= 0.3 is 0 Å². The van der Waals surface area contributed by atoms with Crippen LogP contribution in [0.5, 0.6) is 0 Å². The van der Waals surface area contributed by atoms with E-state index in [9.17, 15) is 9.59 Å². The van der Waals surface area contributed by atoms with Gasteiger partial charge in [-0.05, 0) is 50.1 Å². The number of carbonyl (C=O) groups excluding carboxylic acids is 2. The summed E-state index contributed by atoms with van der Waals surface area (Å²) in [5.74, 6) is 0.832. The summed E-state index contributed by atoms with van der Waals surface area (Å²) in [6.45, 7) is 9.79. The second kappa shape index (κ2) is 7.44. The second-order valence-corrected chi connectivity index (χ2v) is 7.92. The van der Waals surface area contributed by atoms with E-state index >= 15 is 0 Å². The van der Waals surface area contributed by atoms with Gasteiger partial charge in [-0.1, -0.05) is 20.8 Å². The lowest BCUT2D eigenvalue weighted by Gasteiger charge is -2.27. The van der Waals surface area contributed by atoms with Crippen molar-refractivity contribution in [3.63, 3.8) is 0 Å². The molecule has 0 aromatic heterocycles. The van der Waals surface area contributed by atoms with Gasteiger partial charge in [0.2, 0.25) is 11.8 Å². The molecule has 22 heavy (non-hydrogen) atoms. The molecular weight excluding hydrogens is 278 g/mol. The Balaban J connectivity index is 1.78. The van der Waals surface area contributed by atoms with Gasteiger partial charge in [0.25, 0.3) is 0 Å². The average Bonchev–Trinajstić information content (AvgIpc) is 3.07. The summed E-state index contributed by atoms with van der Waals surface area (Å²) in [5, 5.41) is 6.38. The zero-order chi connectivity index (χ0) is 16.2. The molecule has 0 aromatic rings. The summed E-state index contributed by atoms with van der Waals surface area (Å²) in [6, 6.07) is -0.253. The molecule has 0 spiro atoms. The summed E-state index contributed by atoms with van der Waals surface area (Å²) in [5.41, 5.74) is -0.0316. The molecule has 0 aliphatic carbocycles. The quantitative estimate of drug-likeness (QED) is 0.809. The first-order chi connectivity index (χ1) is 10.4. The van der Waals surface area contributed by atoms with Gasteiger partial charge in [-0.25, -0.2) is 0 Å². The zero-order valence-corrected chi connectivity index (χ0v) is 14.3. The molecule has 126 valence electrons. The molecular formula is C17H31N3O2. The Morgan fingerprint density at radius 1 is 1.27 bits per heavy atom.